The highest BCUT2D eigenvalue weighted by atomic mass is 127. The van der Waals surface area contributed by atoms with Crippen LogP contribution in [0.5, 0.6) is 0 Å². The molecule has 0 radical (unpaired) electrons. The van der Waals surface area contributed by atoms with Crippen LogP contribution in [0, 0.1) is 3.57 Å². The highest BCUT2D eigenvalue weighted by molar-refractivity contribution is 14.1. The lowest BCUT2D eigenvalue weighted by Crippen LogP contribution is -2.11. The lowest BCUT2D eigenvalue weighted by atomic mass is 10.1. The molecule has 4 nitrogen and oxygen atoms in total. The van der Waals surface area contributed by atoms with Crippen LogP contribution in [0.15, 0.2) is 24.4 Å². The van der Waals surface area contributed by atoms with Crippen molar-refractivity contribution in [1.29, 1.82) is 0 Å². The van der Waals surface area contributed by atoms with Gasteiger partial charge in [-0.25, -0.2) is 9.97 Å². The maximum Gasteiger partial charge on any atom is 0.143 e. The standard InChI is InChI=1S/C15H19IN4/c1-4-17-15-13(16)14(10(2)3)19-12(20-15)9-11-7-5-6-8-18-11/h5-8,10H,4,9H2,1-3H3,(H,17,19,20). The molecule has 20 heavy (non-hydrogen) atoms. The minimum atomic E-state index is 0.379. The van der Waals surface area contributed by atoms with Crippen LogP contribution < -0.4 is 5.32 Å². The summed E-state index contributed by atoms with van der Waals surface area (Å²) in [6.07, 6.45) is 2.46. The summed E-state index contributed by atoms with van der Waals surface area (Å²) in [5.74, 6) is 2.13. The zero-order valence-electron chi connectivity index (χ0n) is 12.0. The molecule has 0 aliphatic carbocycles. The predicted octanol–water partition coefficient (Wildman–Crippen LogP) is 3.62. The van der Waals surface area contributed by atoms with Crippen molar-refractivity contribution in [3.63, 3.8) is 0 Å². The molecule has 1 N–H and O–H groups in total. The van der Waals surface area contributed by atoms with E-state index in [1.807, 2.05) is 18.2 Å². The molecule has 0 aliphatic heterocycles. The van der Waals surface area contributed by atoms with Crippen molar-refractivity contribution in [2.75, 3.05) is 11.9 Å². The fourth-order valence-corrected chi connectivity index (χ4v) is 2.98. The van der Waals surface area contributed by atoms with Crippen molar-refractivity contribution in [2.24, 2.45) is 0 Å². The van der Waals surface area contributed by atoms with E-state index in [2.05, 4.69) is 58.6 Å². The van der Waals surface area contributed by atoms with Gasteiger partial charge < -0.3 is 5.32 Å². The summed E-state index contributed by atoms with van der Waals surface area (Å²) < 4.78 is 1.12. The van der Waals surface area contributed by atoms with Crippen molar-refractivity contribution in [1.82, 2.24) is 15.0 Å². The number of pyridine rings is 1. The van der Waals surface area contributed by atoms with E-state index in [4.69, 9.17) is 4.98 Å². The number of halogens is 1. The molecule has 0 fully saturated rings. The molecular formula is C15H19IN4. The summed E-state index contributed by atoms with van der Waals surface area (Å²) in [6, 6.07) is 5.91. The number of anilines is 1. The molecule has 2 aromatic rings. The van der Waals surface area contributed by atoms with E-state index in [0.717, 1.165) is 33.1 Å². The number of nitrogens with zero attached hydrogens (tertiary/aromatic N) is 3. The van der Waals surface area contributed by atoms with Gasteiger partial charge >= 0.3 is 0 Å². The molecule has 0 aromatic carbocycles. The Morgan fingerprint density at radius 2 is 2.05 bits per heavy atom. The SMILES string of the molecule is CCNc1nc(Cc2ccccn2)nc(C(C)C)c1I. The van der Waals surface area contributed by atoms with Gasteiger partial charge in [0, 0.05) is 18.4 Å². The second-order valence-electron chi connectivity index (χ2n) is 4.87. The number of hydrogen-bond donors (Lipinski definition) is 1. The molecule has 0 aliphatic rings. The molecular weight excluding hydrogens is 363 g/mol. The third-order valence-electron chi connectivity index (χ3n) is 2.88. The van der Waals surface area contributed by atoms with Crippen LogP contribution in [0.3, 0.4) is 0 Å². The zero-order chi connectivity index (χ0) is 14.5. The van der Waals surface area contributed by atoms with Gasteiger partial charge in [0.15, 0.2) is 0 Å². The molecule has 2 aromatic heterocycles. The van der Waals surface area contributed by atoms with Gasteiger partial charge in [0.25, 0.3) is 0 Å². The molecule has 0 bridgehead atoms. The number of nitrogens with one attached hydrogen (secondary N) is 1. The average molecular weight is 382 g/mol. The highest BCUT2D eigenvalue weighted by Gasteiger charge is 2.14. The van der Waals surface area contributed by atoms with Gasteiger partial charge in [-0.05, 0) is 47.6 Å². The molecule has 106 valence electrons. The first-order valence-corrected chi connectivity index (χ1v) is 7.89. The summed E-state index contributed by atoms with van der Waals surface area (Å²) in [5, 5.41) is 3.32. The maximum atomic E-state index is 4.71. The maximum absolute atomic E-state index is 4.71. The first-order valence-electron chi connectivity index (χ1n) is 6.82. The predicted molar refractivity (Wildman–Crippen MR) is 90.0 cm³/mol. The normalized spacial score (nSPS) is 10.8. The molecule has 2 rings (SSSR count). The Labute approximate surface area is 133 Å². The molecule has 0 spiro atoms. The number of hydrogen-bond acceptors (Lipinski definition) is 4. The molecule has 5 heteroatoms. The van der Waals surface area contributed by atoms with Gasteiger partial charge in [0.1, 0.15) is 11.6 Å². The summed E-state index contributed by atoms with van der Waals surface area (Å²) in [4.78, 5) is 13.7. The van der Waals surface area contributed by atoms with Crippen LogP contribution in [0.4, 0.5) is 5.82 Å². The number of aromatic nitrogens is 3. The Morgan fingerprint density at radius 3 is 2.65 bits per heavy atom. The molecule has 0 saturated carbocycles. The third kappa shape index (κ3) is 3.65. The lowest BCUT2D eigenvalue weighted by molar-refractivity contribution is 0.780. The van der Waals surface area contributed by atoms with Crippen molar-refractivity contribution in [2.45, 2.75) is 33.1 Å². The van der Waals surface area contributed by atoms with Gasteiger partial charge in [-0.1, -0.05) is 19.9 Å². The second-order valence-corrected chi connectivity index (χ2v) is 5.95. The van der Waals surface area contributed by atoms with Crippen molar-refractivity contribution < 1.29 is 0 Å². The van der Waals surface area contributed by atoms with Crippen molar-refractivity contribution in [3.8, 4) is 0 Å². The molecule has 0 atom stereocenters. The molecule has 0 unspecified atom stereocenters. The fourth-order valence-electron chi connectivity index (χ4n) is 1.92. The van der Waals surface area contributed by atoms with E-state index >= 15 is 0 Å². The Balaban J connectivity index is 2.37. The van der Waals surface area contributed by atoms with E-state index in [9.17, 15) is 0 Å². The van der Waals surface area contributed by atoms with E-state index in [0.29, 0.717) is 12.3 Å². The summed E-state index contributed by atoms with van der Waals surface area (Å²) in [5.41, 5.74) is 2.09. The number of rotatable bonds is 5. The Morgan fingerprint density at radius 1 is 1.25 bits per heavy atom. The molecule has 2 heterocycles. The van der Waals surface area contributed by atoms with Gasteiger partial charge in [-0.15, -0.1) is 0 Å². The lowest BCUT2D eigenvalue weighted by Gasteiger charge is -2.14. The van der Waals surface area contributed by atoms with Crippen molar-refractivity contribution in [3.05, 3.63) is 45.2 Å². The Hall–Kier alpha value is -1.24. The summed E-state index contributed by atoms with van der Waals surface area (Å²) in [6.45, 7) is 7.24. The molecule has 0 saturated heterocycles. The monoisotopic (exact) mass is 382 g/mol. The first kappa shape index (κ1) is 15.2. The molecule has 0 amide bonds. The van der Waals surface area contributed by atoms with Gasteiger partial charge in [-0.2, -0.15) is 0 Å². The van der Waals surface area contributed by atoms with Crippen LogP contribution in [-0.2, 0) is 6.42 Å². The van der Waals surface area contributed by atoms with Crippen LogP contribution in [0.1, 0.15) is 43.9 Å². The smallest absolute Gasteiger partial charge is 0.143 e. The van der Waals surface area contributed by atoms with Crippen molar-refractivity contribution >= 4 is 28.4 Å². The first-order chi connectivity index (χ1) is 9.61. The van der Waals surface area contributed by atoms with Crippen LogP contribution in [-0.4, -0.2) is 21.5 Å². The minimum Gasteiger partial charge on any atom is -0.369 e. The topological polar surface area (TPSA) is 50.7 Å². The van der Waals surface area contributed by atoms with E-state index in [-0.39, 0.29) is 0 Å². The summed E-state index contributed by atoms with van der Waals surface area (Å²) in [7, 11) is 0. The minimum absolute atomic E-state index is 0.379. The third-order valence-corrected chi connectivity index (χ3v) is 3.94. The second kappa shape index (κ2) is 6.97. The Bertz CT molecular complexity index is 570. The fraction of sp³-hybridized carbons (Fsp3) is 0.400. The van der Waals surface area contributed by atoms with Crippen LogP contribution >= 0.6 is 22.6 Å². The van der Waals surface area contributed by atoms with Gasteiger partial charge in [0.05, 0.1) is 15.7 Å². The van der Waals surface area contributed by atoms with Gasteiger partial charge in [0.2, 0.25) is 0 Å². The quantitative estimate of drug-likeness (QED) is 0.803. The zero-order valence-corrected chi connectivity index (χ0v) is 14.2. The van der Waals surface area contributed by atoms with Crippen LogP contribution in [0.25, 0.3) is 0 Å². The average Bonchev–Trinajstić information content (AvgIpc) is 2.43. The van der Waals surface area contributed by atoms with E-state index in [1.165, 1.54) is 0 Å². The van der Waals surface area contributed by atoms with E-state index < -0.39 is 0 Å². The summed E-state index contributed by atoms with van der Waals surface area (Å²) >= 11 is 2.32. The largest absolute Gasteiger partial charge is 0.369 e. The highest BCUT2D eigenvalue weighted by Crippen LogP contribution is 2.25. The van der Waals surface area contributed by atoms with Gasteiger partial charge in [-0.3, -0.25) is 4.98 Å². The van der Waals surface area contributed by atoms with Crippen LogP contribution in [0.2, 0.25) is 0 Å². The van der Waals surface area contributed by atoms with E-state index in [1.54, 1.807) is 6.20 Å². The Kier molecular flexibility index (Phi) is 5.28.